The zero-order valence-electron chi connectivity index (χ0n) is 10.8. The van der Waals surface area contributed by atoms with Crippen LogP contribution in [0.1, 0.15) is 37.7 Å². The van der Waals surface area contributed by atoms with E-state index in [9.17, 15) is 5.11 Å². The molecule has 0 atom stereocenters. The molecular formula is C16H18BrNO. The Morgan fingerprint density at radius 1 is 1.00 bits per heavy atom. The summed E-state index contributed by atoms with van der Waals surface area (Å²) in [5.74, 6) is 0.333. The Kier molecular flexibility index (Phi) is 3.27. The first kappa shape index (κ1) is 12.9. The average molecular weight is 320 g/mol. The number of aromatic hydroxyl groups is 1. The molecule has 2 aromatic rings. The van der Waals surface area contributed by atoms with Crippen LogP contribution in [0.2, 0.25) is 0 Å². The van der Waals surface area contributed by atoms with Crippen molar-refractivity contribution < 1.29 is 5.11 Å². The van der Waals surface area contributed by atoms with Gasteiger partial charge < -0.3 is 10.8 Å². The summed E-state index contributed by atoms with van der Waals surface area (Å²) >= 11 is 3.49. The van der Waals surface area contributed by atoms with E-state index in [1.807, 2.05) is 18.2 Å². The molecule has 0 bridgehead atoms. The zero-order chi connectivity index (χ0) is 13.5. The van der Waals surface area contributed by atoms with Crippen molar-refractivity contribution in [3.05, 3.63) is 40.4 Å². The molecule has 1 saturated carbocycles. The van der Waals surface area contributed by atoms with Crippen LogP contribution < -0.4 is 5.73 Å². The van der Waals surface area contributed by atoms with Crippen LogP contribution in [0.3, 0.4) is 0 Å². The lowest BCUT2D eigenvalue weighted by molar-refractivity contribution is 0.292. The first-order chi connectivity index (χ1) is 9.08. The maximum atomic E-state index is 10.3. The van der Waals surface area contributed by atoms with Crippen LogP contribution in [0.5, 0.6) is 5.75 Å². The standard InChI is InChI=1S/C16H18BrNO/c17-13-5-4-11-10-15(19)14(9-12(11)8-13)16(18)6-2-1-3-7-16/h4-5,8-10,19H,1-3,6-7,18H2. The van der Waals surface area contributed by atoms with Gasteiger partial charge in [0.25, 0.3) is 0 Å². The molecule has 0 amide bonds. The molecule has 0 radical (unpaired) electrons. The van der Waals surface area contributed by atoms with Gasteiger partial charge in [-0.2, -0.15) is 0 Å². The number of phenols is 1. The van der Waals surface area contributed by atoms with E-state index in [0.717, 1.165) is 46.5 Å². The fraction of sp³-hybridized carbons (Fsp3) is 0.375. The highest BCUT2D eigenvalue weighted by Gasteiger charge is 2.31. The summed E-state index contributed by atoms with van der Waals surface area (Å²) in [6.45, 7) is 0. The second kappa shape index (κ2) is 4.80. The number of rotatable bonds is 1. The van der Waals surface area contributed by atoms with Crippen molar-refractivity contribution in [3.63, 3.8) is 0 Å². The Morgan fingerprint density at radius 2 is 1.74 bits per heavy atom. The summed E-state index contributed by atoms with van der Waals surface area (Å²) in [5, 5.41) is 12.5. The molecule has 19 heavy (non-hydrogen) atoms. The third kappa shape index (κ3) is 2.37. The van der Waals surface area contributed by atoms with Crippen molar-refractivity contribution in [3.8, 4) is 5.75 Å². The summed E-state index contributed by atoms with van der Waals surface area (Å²) < 4.78 is 1.05. The third-order valence-electron chi connectivity index (χ3n) is 4.20. The highest BCUT2D eigenvalue weighted by atomic mass is 79.9. The minimum Gasteiger partial charge on any atom is -0.508 e. The van der Waals surface area contributed by atoms with Gasteiger partial charge in [-0.15, -0.1) is 0 Å². The van der Waals surface area contributed by atoms with E-state index in [4.69, 9.17) is 5.73 Å². The van der Waals surface area contributed by atoms with Crippen molar-refractivity contribution >= 4 is 26.7 Å². The van der Waals surface area contributed by atoms with Gasteiger partial charge in [0.05, 0.1) is 0 Å². The van der Waals surface area contributed by atoms with Crippen LogP contribution >= 0.6 is 15.9 Å². The van der Waals surface area contributed by atoms with E-state index in [2.05, 4.69) is 28.1 Å². The monoisotopic (exact) mass is 319 g/mol. The summed E-state index contributed by atoms with van der Waals surface area (Å²) in [6.07, 6.45) is 5.46. The van der Waals surface area contributed by atoms with Crippen LogP contribution in [0.15, 0.2) is 34.8 Å². The molecule has 0 aliphatic heterocycles. The van der Waals surface area contributed by atoms with Crippen molar-refractivity contribution in [1.82, 2.24) is 0 Å². The van der Waals surface area contributed by atoms with Gasteiger partial charge in [0, 0.05) is 15.6 Å². The maximum Gasteiger partial charge on any atom is 0.121 e. The van der Waals surface area contributed by atoms with Crippen LogP contribution in [-0.2, 0) is 5.54 Å². The molecule has 0 aromatic heterocycles. The first-order valence-electron chi connectivity index (χ1n) is 6.80. The molecule has 1 fully saturated rings. The molecule has 0 heterocycles. The molecule has 2 aromatic carbocycles. The van der Waals surface area contributed by atoms with Gasteiger partial charge in [0.15, 0.2) is 0 Å². The minimum atomic E-state index is -0.362. The Hall–Kier alpha value is -1.06. The second-order valence-corrected chi connectivity index (χ2v) is 6.49. The molecule has 100 valence electrons. The molecule has 3 heteroatoms. The van der Waals surface area contributed by atoms with Gasteiger partial charge >= 0.3 is 0 Å². The lowest BCUT2D eigenvalue weighted by atomic mass is 9.76. The van der Waals surface area contributed by atoms with E-state index in [1.54, 1.807) is 0 Å². The minimum absolute atomic E-state index is 0.333. The van der Waals surface area contributed by atoms with Crippen molar-refractivity contribution in [2.45, 2.75) is 37.6 Å². The fourth-order valence-electron chi connectivity index (χ4n) is 3.11. The van der Waals surface area contributed by atoms with E-state index >= 15 is 0 Å². The van der Waals surface area contributed by atoms with Crippen LogP contribution in [0.4, 0.5) is 0 Å². The Labute approximate surface area is 121 Å². The summed E-state index contributed by atoms with van der Waals surface area (Å²) in [4.78, 5) is 0. The predicted molar refractivity (Wildman–Crippen MR) is 82.3 cm³/mol. The smallest absolute Gasteiger partial charge is 0.121 e. The van der Waals surface area contributed by atoms with Crippen molar-refractivity contribution in [1.29, 1.82) is 0 Å². The fourth-order valence-corrected chi connectivity index (χ4v) is 3.49. The Balaban J connectivity index is 2.14. The van der Waals surface area contributed by atoms with Crippen molar-refractivity contribution in [2.75, 3.05) is 0 Å². The number of hydrogen-bond acceptors (Lipinski definition) is 2. The zero-order valence-corrected chi connectivity index (χ0v) is 12.4. The maximum absolute atomic E-state index is 10.3. The average Bonchev–Trinajstić information content (AvgIpc) is 2.39. The molecule has 1 aliphatic rings. The SMILES string of the molecule is NC1(c2cc3cc(Br)ccc3cc2O)CCCCC1. The Bertz CT molecular complexity index is 617. The Morgan fingerprint density at radius 3 is 2.47 bits per heavy atom. The van der Waals surface area contributed by atoms with Crippen LogP contribution in [0, 0.1) is 0 Å². The largest absolute Gasteiger partial charge is 0.508 e. The summed E-state index contributed by atoms with van der Waals surface area (Å²) in [5.41, 5.74) is 7.08. The van der Waals surface area contributed by atoms with Crippen molar-refractivity contribution in [2.24, 2.45) is 5.73 Å². The number of fused-ring (bicyclic) bond motifs is 1. The van der Waals surface area contributed by atoms with E-state index in [0.29, 0.717) is 5.75 Å². The van der Waals surface area contributed by atoms with Gasteiger partial charge in [-0.1, -0.05) is 41.3 Å². The first-order valence-corrected chi connectivity index (χ1v) is 7.59. The molecule has 0 unspecified atom stereocenters. The highest BCUT2D eigenvalue weighted by molar-refractivity contribution is 9.10. The molecule has 2 nitrogen and oxygen atoms in total. The molecule has 1 aliphatic carbocycles. The molecule has 0 spiro atoms. The van der Waals surface area contributed by atoms with Gasteiger partial charge in [0.2, 0.25) is 0 Å². The topological polar surface area (TPSA) is 46.2 Å². The van der Waals surface area contributed by atoms with Gasteiger partial charge in [0.1, 0.15) is 5.75 Å². The van der Waals surface area contributed by atoms with Gasteiger partial charge in [-0.3, -0.25) is 0 Å². The van der Waals surface area contributed by atoms with Crippen LogP contribution in [-0.4, -0.2) is 5.11 Å². The lowest BCUT2D eigenvalue weighted by Crippen LogP contribution is -2.38. The summed E-state index contributed by atoms with van der Waals surface area (Å²) in [7, 11) is 0. The molecule has 3 N–H and O–H groups in total. The van der Waals surface area contributed by atoms with E-state index in [1.165, 1.54) is 6.42 Å². The summed E-state index contributed by atoms with van der Waals surface area (Å²) in [6, 6.07) is 9.96. The highest BCUT2D eigenvalue weighted by Crippen LogP contribution is 2.40. The molecule has 0 saturated heterocycles. The van der Waals surface area contributed by atoms with E-state index < -0.39 is 0 Å². The second-order valence-electron chi connectivity index (χ2n) is 5.58. The normalized spacial score (nSPS) is 18.6. The van der Waals surface area contributed by atoms with Crippen LogP contribution in [0.25, 0.3) is 10.8 Å². The number of phenolic OH excluding ortho intramolecular Hbond substituents is 1. The lowest BCUT2D eigenvalue weighted by Gasteiger charge is -2.34. The van der Waals surface area contributed by atoms with Gasteiger partial charge in [-0.25, -0.2) is 0 Å². The predicted octanol–water partition coefficient (Wildman–Crippen LogP) is 4.43. The van der Waals surface area contributed by atoms with E-state index in [-0.39, 0.29) is 5.54 Å². The number of nitrogens with two attached hydrogens (primary N) is 1. The number of hydrogen-bond donors (Lipinski definition) is 2. The molecular weight excluding hydrogens is 302 g/mol. The number of benzene rings is 2. The van der Waals surface area contributed by atoms with Gasteiger partial charge in [-0.05, 0) is 47.9 Å². The molecule has 3 rings (SSSR count). The third-order valence-corrected chi connectivity index (χ3v) is 4.69. The number of halogens is 1. The quantitative estimate of drug-likeness (QED) is 0.817.